The van der Waals surface area contributed by atoms with E-state index in [0.29, 0.717) is 18.8 Å². The predicted molar refractivity (Wildman–Crippen MR) is 79.3 cm³/mol. The van der Waals surface area contributed by atoms with E-state index in [1.807, 2.05) is 36.4 Å². The fraction of sp³-hybridized carbons (Fsp3) is 0.235. The molecule has 2 aromatic carbocycles. The maximum absolute atomic E-state index is 11.3. The van der Waals surface area contributed by atoms with Crippen LogP contribution in [0.1, 0.15) is 21.5 Å². The molecule has 0 saturated heterocycles. The third-order valence-corrected chi connectivity index (χ3v) is 3.07. The Hall–Kier alpha value is -2.33. The summed E-state index contributed by atoms with van der Waals surface area (Å²) in [6.07, 6.45) is 0. The highest BCUT2D eigenvalue weighted by Crippen LogP contribution is 2.13. The van der Waals surface area contributed by atoms with Gasteiger partial charge in [0, 0.05) is 0 Å². The second-order valence-electron chi connectivity index (χ2n) is 4.53. The Kier molecular flexibility index (Phi) is 5.35. The van der Waals surface area contributed by atoms with Crippen molar-refractivity contribution in [2.75, 3.05) is 14.2 Å². The van der Waals surface area contributed by atoms with Gasteiger partial charge >= 0.3 is 5.97 Å². The number of hydrogen-bond donors (Lipinski definition) is 0. The van der Waals surface area contributed by atoms with E-state index >= 15 is 0 Å². The topological polar surface area (TPSA) is 44.8 Å². The van der Waals surface area contributed by atoms with Crippen LogP contribution in [0.25, 0.3) is 0 Å². The molecule has 0 amide bonds. The van der Waals surface area contributed by atoms with Crippen molar-refractivity contribution in [3.8, 4) is 5.75 Å². The lowest BCUT2D eigenvalue weighted by molar-refractivity contribution is 0.0600. The van der Waals surface area contributed by atoms with Crippen LogP contribution in [-0.4, -0.2) is 20.2 Å². The van der Waals surface area contributed by atoms with Gasteiger partial charge in [-0.25, -0.2) is 4.79 Å². The van der Waals surface area contributed by atoms with E-state index in [4.69, 9.17) is 9.47 Å². The molecule has 0 aliphatic carbocycles. The summed E-state index contributed by atoms with van der Waals surface area (Å²) in [5.41, 5.74) is 2.63. The van der Waals surface area contributed by atoms with E-state index in [9.17, 15) is 4.79 Å². The molecule has 0 aliphatic rings. The average molecular weight is 286 g/mol. The Morgan fingerprint density at radius 1 is 0.857 bits per heavy atom. The minimum absolute atomic E-state index is 0.333. The predicted octanol–water partition coefficient (Wildman–Crippen LogP) is 3.20. The van der Waals surface area contributed by atoms with Crippen LogP contribution in [0.3, 0.4) is 0 Å². The Morgan fingerprint density at radius 2 is 1.38 bits per heavy atom. The van der Waals surface area contributed by atoms with Crippen LogP contribution in [0.5, 0.6) is 5.75 Å². The van der Waals surface area contributed by atoms with Crippen molar-refractivity contribution in [2.45, 2.75) is 13.2 Å². The van der Waals surface area contributed by atoms with Gasteiger partial charge in [0.2, 0.25) is 0 Å². The first-order valence-electron chi connectivity index (χ1n) is 6.61. The highest BCUT2D eigenvalue weighted by atomic mass is 16.5. The van der Waals surface area contributed by atoms with Crippen molar-refractivity contribution >= 4 is 5.97 Å². The third-order valence-electron chi connectivity index (χ3n) is 3.07. The van der Waals surface area contributed by atoms with Crippen molar-refractivity contribution in [1.29, 1.82) is 0 Å². The van der Waals surface area contributed by atoms with Crippen molar-refractivity contribution in [1.82, 2.24) is 0 Å². The van der Waals surface area contributed by atoms with Crippen LogP contribution in [-0.2, 0) is 22.7 Å². The largest absolute Gasteiger partial charge is 0.497 e. The highest BCUT2D eigenvalue weighted by Gasteiger charge is 2.04. The molecule has 0 atom stereocenters. The molecule has 0 fully saturated rings. The second kappa shape index (κ2) is 7.45. The summed E-state index contributed by atoms with van der Waals surface area (Å²) in [5, 5.41) is 0. The van der Waals surface area contributed by atoms with Gasteiger partial charge in [-0.05, 0) is 35.4 Å². The van der Waals surface area contributed by atoms with Gasteiger partial charge in [0.15, 0.2) is 0 Å². The SMILES string of the molecule is COC(=O)c1ccc(COCc2ccc(OC)cc2)cc1. The molecule has 110 valence electrons. The van der Waals surface area contributed by atoms with E-state index in [1.165, 1.54) is 7.11 Å². The van der Waals surface area contributed by atoms with Gasteiger partial charge in [0.1, 0.15) is 5.75 Å². The average Bonchev–Trinajstić information content (AvgIpc) is 2.55. The maximum atomic E-state index is 11.3. The summed E-state index contributed by atoms with van der Waals surface area (Å²) in [4.78, 5) is 11.3. The van der Waals surface area contributed by atoms with Crippen molar-refractivity contribution in [3.05, 3.63) is 65.2 Å². The Bertz CT molecular complexity index is 573. The minimum Gasteiger partial charge on any atom is -0.497 e. The standard InChI is InChI=1S/C17H18O4/c1-19-16-9-5-14(6-10-16)12-21-11-13-3-7-15(8-4-13)17(18)20-2/h3-10H,11-12H2,1-2H3. The lowest BCUT2D eigenvalue weighted by atomic mass is 10.1. The van der Waals surface area contributed by atoms with E-state index < -0.39 is 0 Å². The number of benzene rings is 2. The van der Waals surface area contributed by atoms with Gasteiger partial charge in [0.25, 0.3) is 0 Å². The monoisotopic (exact) mass is 286 g/mol. The number of methoxy groups -OCH3 is 2. The summed E-state index contributed by atoms with van der Waals surface area (Å²) >= 11 is 0. The maximum Gasteiger partial charge on any atom is 0.337 e. The van der Waals surface area contributed by atoms with Crippen LogP contribution in [0, 0.1) is 0 Å². The number of rotatable bonds is 6. The molecule has 0 spiro atoms. The fourth-order valence-electron chi connectivity index (χ4n) is 1.86. The number of esters is 1. The molecule has 0 bridgehead atoms. The number of carbonyl (C=O) groups excluding carboxylic acids is 1. The molecule has 0 unspecified atom stereocenters. The van der Waals surface area contributed by atoms with Crippen LogP contribution in [0.4, 0.5) is 0 Å². The summed E-state index contributed by atoms with van der Waals surface area (Å²) in [5.74, 6) is 0.498. The zero-order chi connectivity index (χ0) is 15.1. The number of carbonyl (C=O) groups is 1. The lowest BCUT2D eigenvalue weighted by Gasteiger charge is -2.06. The Balaban J connectivity index is 1.83. The molecule has 0 N–H and O–H groups in total. The molecule has 4 heteroatoms. The molecule has 0 saturated carbocycles. The van der Waals surface area contributed by atoms with E-state index in [-0.39, 0.29) is 5.97 Å². The zero-order valence-electron chi connectivity index (χ0n) is 12.2. The van der Waals surface area contributed by atoms with Gasteiger partial charge in [-0.1, -0.05) is 24.3 Å². The van der Waals surface area contributed by atoms with Crippen LogP contribution in [0.2, 0.25) is 0 Å². The first-order valence-corrected chi connectivity index (χ1v) is 6.61. The summed E-state index contributed by atoms with van der Waals surface area (Å²) in [6.45, 7) is 1.02. The van der Waals surface area contributed by atoms with Crippen LogP contribution >= 0.6 is 0 Å². The van der Waals surface area contributed by atoms with Gasteiger partial charge < -0.3 is 14.2 Å². The first-order chi connectivity index (χ1) is 10.2. The molecular weight excluding hydrogens is 268 g/mol. The molecule has 0 radical (unpaired) electrons. The first kappa shape index (κ1) is 15.1. The van der Waals surface area contributed by atoms with Gasteiger partial charge in [-0.3, -0.25) is 0 Å². The van der Waals surface area contributed by atoms with Gasteiger partial charge in [-0.15, -0.1) is 0 Å². The smallest absolute Gasteiger partial charge is 0.337 e. The molecule has 2 rings (SSSR count). The summed E-state index contributed by atoms with van der Waals surface area (Å²) in [6, 6.07) is 14.9. The minimum atomic E-state index is -0.333. The second-order valence-corrected chi connectivity index (χ2v) is 4.53. The van der Waals surface area contributed by atoms with Gasteiger partial charge in [-0.2, -0.15) is 0 Å². The number of hydrogen-bond acceptors (Lipinski definition) is 4. The molecule has 0 aliphatic heterocycles. The highest BCUT2D eigenvalue weighted by molar-refractivity contribution is 5.89. The summed E-state index contributed by atoms with van der Waals surface area (Å²) in [7, 11) is 3.01. The van der Waals surface area contributed by atoms with E-state index in [0.717, 1.165) is 16.9 Å². The van der Waals surface area contributed by atoms with Crippen molar-refractivity contribution in [2.24, 2.45) is 0 Å². The molecule has 0 aromatic heterocycles. The molecule has 0 heterocycles. The van der Waals surface area contributed by atoms with Crippen LogP contribution < -0.4 is 4.74 Å². The quantitative estimate of drug-likeness (QED) is 0.765. The summed E-state index contributed by atoms with van der Waals surface area (Å²) < 4.78 is 15.4. The van der Waals surface area contributed by atoms with E-state index in [2.05, 4.69) is 4.74 Å². The molecule has 4 nitrogen and oxygen atoms in total. The molecule has 2 aromatic rings. The van der Waals surface area contributed by atoms with Crippen LogP contribution in [0.15, 0.2) is 48.5 Å². The Labute approximate surface area is 124 Å². The zero-order valence-corrected chi connectivity index (χ0v) is 12.2. The van der Waals surface area contributed by atoms with Gasteiger partial charge in [0.05, 0.1) is 33.0 Å². The van der Waals surface area contributed by atoms with Crippen molar-refractivity contribution < 1.29 is 19.0 Å². The van der Waals surface area contributed by atoms with Crippen molar-refractivity contribution in [3.63, 3.8) is 0 Å². The normalized spacial score (nSPS) is 10.2. The number of ether oxygens (including phenoxy) is 3. The Morgan fingerprint density at radius 3 is 1.86 bits per heavy atom. The fourth-order valence-corrected chi connectivity index (χ4v) is 1.86. The lowest BCUT2D eigenvalue weighted by Crippen LogP contribution is -2.01. The third kappa shape index (κ3) is 4.33. The van der Waals surface area contributed by atoms with E-state index in [1.54, 1.807) is 19.2 Å². The molecule has 21 heavy (non-hydrogen) atoms. The molecular formula is C17H18O4.